The van der Waals surface area contributed by atoms with Gasteiger partial charge < -0.3 is 10.1 Å². The lowest BCUT2D eigenvalue weighted by molar-refractivity contribution is -0.105. The molecule has 0 saturated heterocycles. The SMILES string of the molecule is CCOc1ccc(NC=O)cc1F. The van der Waals surface area contributed by atoms with Gasteiger partial charge in [-0.1, -0.05) is 0 Å². The van der Waals surface area contributed by atoms with Gasteiger partial charge in [0.05, 0.1) is 6.61 Å². The highest BCUT2D eigenvalue weighted by Gasteiger charge is 2.02. The van der Waals surface area contributed by atoms with Gasteiger partial charge in [0.15, 0.2) is 11.6 Å². The summed E-state index contributed by atoms with van der Waals surface area (Å²) in [6.45, 7) is 2.19. The van der Waals surface area contributed by atoms with Gasteiger partial charge in [-0.05, 0) is 19.1 Å². The number of halogens is 1. The number of rotatable bonds is 4. The smallest absolute Gasteiger partial charge is 0.211 e. The van der Waals surface area contributed by atoms with Crippen molar-refractivity contribution in [2.75, 3.05) is 11.9 Å². The van der Waals surface area contributed by atoms with Gasteiger partial charge in [0.1, 0.15) is 0 Å². The number of amides is 1. The first-order chi connectivity index (χ1) is 6.27. The lowest BCUT2D eigenvalue weighted by atomic mass is 10.3. The molecule has 0 aliphatic rings. The van der Waals surface area contributed by atoms with Crippen LogP contribution in [0.3, 0.4) is 0 Å². The van der Waals surface area contributed by atoms with E-state index in [0.29, 0.717) is 18.7 Å². The van der Waals surface area contributed by atoms with E-state index in [-0.39, 0.29) is 5.75 Å². The van der Waals surface area contributed by atoms with Crippen molar-refractivity contribution >= 4 is 12.1 Å². The lowest BCUT2D eigenvalue weighted by Crippen LogP contribution is -1.97. The molecule has 70 valence electrons. The topological polar surface area (TPSA) is 38.3 Å². The molecule has 0 heterocycles. The van der Waals surface area contributed by atoms with Gasteiger partial charge in [-0.2, -0.15) is 0 Å². The summed E-state index contributed by atoms with van der Waals surface area (Å²) in [5, 5.41) is 2.34. The zero-order valence-corrected chi connectivity index (χ0v) is 7.21. The second kappa shape index (κ2) is 4.45. The number of carbonyl (C=O) groups is 1. The van der Waals surface area contributed by atoms with Gasteiger partial charge in [0.2, 0.25) is 6.41 Å². The fourth-order valence-corrected chi connectivity index (χ4v) is 0.931. The van der Waals surface area contributed by atoms with Gasteiger partial charge in [0.25, 0.3) is 0 Å². The minimum Gasteiger partial charge on any atom is -0.491 e. The molecule has 0 bridgehead atoms. The molecule has 0 aromatic heterocycles. The third-order valence-corrected chi connectivity index (χ3v) is 1.46. The van der Waals surface area contributed by atoms with Gasteiger partial charge in [-0.3, -0.25) is 4.79 Å². The zero-order chi connectivity index (χ0) is 9.68. The predicted octanol–water partition coefficient (Wildman–Crippen LogP) is 1.79. The first-order valence-corrected chi connectivity index (χ1v) is 3.90. The van der Waals surface area contributed by atoms with Crippen LogP contribution >= 0.6 is 0 Å². The van der Waals surface area contributed by atoms with Gasteiger partial charge in [-0.15, -0.1) is 0 Å². The van der Waals surface area contributed by atoms with E-state index < -0.39 is 5.82 Å². The quantitative estimate of drug-likeness (QED) is 0.723. The molecular weight excluding hydrogens is 173 g/mol. The molecular formula is C9H10FNO2. The molecule has 0 fully saturated rings. The summed E-state index contributed by atoms with van der Waals surface area (Å²) in [6.07, 6.45) is 0.495. The van der Waals surface area contributed by atoms with Crippen molar-refractivity contribution in [2.45, 2.75) is 6.92 Å². The number of hydrogen-bond acceptors (Lipinski definition) is 2. The maximum absolute atomic E-state index is 13.1. The van der Waals surface area contributed by atoms with E-state index in [0.717, 1.165) is 0 Å². The number of benzene rings is 1. The van der Waals surface area contributed by atoms with Gasteiger partial charge in [0, 0.05) is 11.8 Å². The van der Waals surface area contributed by atoms with Crippen molar-refractivity contribution < 1.29 is 13.9 Å². The van der Waals surface area contributed by atoms with E-state index in [1.54, 1.807) is 13.0 Å². The second-order valence-electron chi connectivity index (χ2n) is 2.34. The van der Waals surface area contributed by atoms with Crippen molar-refractivity contribution in [3.63, 3.8) is 0 Å². The average Bonchev–Trinajstić information content (AvgIpc) is 2.10. The Labute approximate surface area is 75.5 Å². The van der Waals surface area contributed by atoms with Crippen LogP contribution in [0.5, 0.6) is 5.75 Å². The van der Waals surface area contributed by atoms with Crippen LogP contribution in [0, 0.1) is 5.82 Å². The maximum Gasteiger partial charge on any atom is 0.211 e. The Morgan fingerprint density at radius 3 is 2.92 bits per heavy atom. The highest BCUT2D eigenvalue weighted by Crippen LogP contribution is 2.20. The van der Waals surface area contributed by atoms with E-state index in [2.05, 4.69) is 5.32 Å². The first kappa shape index (κ1) is 9.51. The van der Waals surface area contributed by atoms with Crippen molar-refractivity contribution in [1.29, 1.82) is 0 Å². The van der Waals surface area contributed by atoms with E-state index >= 15 is 0 Å². The maximum atomic E-state index is 13.1. The standard InChI is InChI=1S/C9H10FNO2/c1-2-13-9-4-3-7(11-6-12)5-8(9)10/h3-6H,2H2,1H3,(H,11,12). The van der Waals surface area contributed by atoms with Crippen molar-refractivity contribution in [3.8, 4) is 5.75 Å². The molecule has 13 heavy (non-hydrogen) atoms. The van der Waals surface area contributed by atoms with Gasteiger partial charge in [-0.25, -0.2) is 4.39 Å². The number of anilines is 1. The molecule has 1 aromatic rings. The minimum absolute atomic E-state index is 0.193. The molecule has 0 spiro atoms. The van der Waals surface area contributed by atoms with Crippen LogP contribution in [-0.2, 0) is 4.79 Å². The molecule has 0 atom stereocenters. The van der Waals surface area contributed by atoms with Crippen molar-refractivity contribution in [3.05, 3.63) is 24.0 Å². The largest absolute Gasteiger partial charge is 0.491 e. The van der Waals surface area contributed by atoms with Crippen LogP contribution in [0.1, 0.15) is 6.92 Å². The molecule has 4 heteroatoms. The molecule has 0 radical (unpaired) electrons. The minimum atomic E-state index is -0.478. The Hall–Kier alpha value is -1.58. The van der Waals surface area contributed by atoms with E-state index in [4.69, 9.17) is 4.74 Å². The summed E-state index contributed by atoms with van der Waals surface area (Å²) < 4.78 is 18.1. The molecule has 1 aromatic carbocycles. The molecule has 1 N–H and O–H groups in total. The molecule has 0 unspecified atom stereocenters. The Kier molecular flexibility index (Phi) is 3.25. The molecule has 0 saturated carbocycles. The third-order valence-electron chi connectivity index (χ3n) is 1.46. The first-order valence-electron chi connectivity index (χ1n) is 3.90. The number of carbonyl (C=O) groups excluding carboxylic acids is 1. The summed E-state index contributed by atoms with van der Waals surface area (Å²) in [5.41, 5.74) is 0.413. The fourth-order valence-electron chi connectivity index (χ4n) is 0.931. The van der Waals surface area contributed by atoms with Crippen LogP contribution in [-0.4, -0.2) is 13.0 Å². The fraction of sp³-hybridized carbons (Fsp3) is 0.222. The van der Waals surface area contributed by atoms with Crippen LogP contribution < -0.4 is 10.1 Å². The van der Waals surface area contributed by atoms with Crippen LogP contribution in [0.2, 0.25) is 0 Å². The number of hydrogen-bond donors (Lipinski definition) is 1. The lowest BCUT2D eigenvalue weighted by Gasteiger charge is -2.05. The highest BCUT2D eigenvalue weighted by molar-refractivity contribution is 5.71. The van der Waals surface area contributed by atoms with Gasteiger partial charge >= 0.3 is 0 Å². The summed E-state index contributed by atoms with van der Waals surface area (Å²) in [6, 6.07) is 4.26. The molecule has 0 aliphatic carbocycles. The predicted molar refractivity (Wildman–Crippen MR) is 47.3 cm³/mol. The summed E-state index contributed by atoms with van der Waals surface area (Å²) in [4.78, 5) is 10.0. The van der Waals surface area contributed by atoms with E-state index in [1.165, 1.54) is 12.1 Å². The molecule has 3 nitrogen and oxygen atoms in total. The Morgan fingerprint density at radius 2 is 2.38 bits per heavy atom. The van der Waals surface area contributed by atoms with Crippen molar-refractivity contribution in [2.24, 2.45) is 0 Å². The molecule has 1 amide bonds. The summed E-state index contributed by atoms with van der Waals surface area (Å²) in [5.74, 6) is -0.285. The zero-order valence-electron chi connectivity index (χ0n) is 7.21. The summed E-state index contributed by atoms with van der Waals surface area (Å²) >= 11 is 0. The normalized spacial score (nSPS) is 9.38. The third kappa shape index (κ3) is 2.43. The monoisotopic (exact) mass is 183 g/mol. The molecule has 1 rings (SSSR count). The van der Waals surface area contributed by atoms with Crippen LogP contribution in [0.4, 0.5) is 10.1 Å². The molecule has 0 aliphatic heterocycles. The second-order valence-corrected chi connectivity index (χ2v) is 2.34. The van der Waals surface area contributed by atoms with Crippen molar-refractivity contribution in [1.82, 2.24) is 0 Å². The number of ether oxygens (including phenoxy) is 1. The van der Waals surface area contributed by atoms with Crippen LogP contribution in [0.15, 0.2) is 18.2 Å². The highest BCUT2D eigenvalue weighted by atomic mass is 19.1. The average molecular weight is 183 g/mol. The Morgan fingerprint density at radius 1 is 1.62 bits per heavy atom. The summed E-state index contributed by atoms with van der Waals surface area (Å²) in [7, 11) is 0. The Balaban J connectivity index is 2.84. The van der Waals surface area contributed by atoms with E-state index in [1.807, 2.05) is 0 Å². The van der Waals surface area contributed by atoms with E-state index in [9.17, 15) is 9.18 Å². The van der Waals surface area contributed by atoms with Crippen LogP contribution in [0.25, 0.3) is 0 Å². The Bertz CT molecular complexity index is 302. The number of nitrogens with one attached hydrogen (secondary N) is 1.